The molecule has 2 rings (SSSR count). The van der Waals surface area contributed by atoms with Gasteiger partial charge in [0.15, 0.2) is 0 Å². The Morgan fingerprint density at radius 1 is 0.947 bits per heavy atom. The summed E-state index contributed by atoms with van der Waals surface area (Å²) in [7, 11) is -3.66. The molecular formula is C13H12INO3S. The highest BCUT2D eigenvalue weighted by atomic mass is 127. The van der Waals surface area contributed by atoms with Gasteiger partial charge in [0.05, 0.1) is 4.90 Å². The van der Waals surface area contributed by atoms with Crippen molar-refractivity contribution in [1.82, 2.24) is 0 Å². The van der Waals surface area contributed by atoms with Crippen LogP contribution in [0.25, 0.3) is 0 Å². The van der Waals surface area contributed by atoms with Crippen molar-refractivity contribution in [2.45, 2.75) is 4.90 Å². The van der Waals surface area contributed by atoms with E-state index >= 15 is 0 Å². The molecule has 0 amide bonds. The van der Waals surface area contributed by atoms with E-state index < -0.39 is 10.0 Å². The molecule has 0 saturated heterocycles. The lowest BCUT2D eigenvalue weighted by atomic mass is 10.3. The molecule has 2 N–H and O–H groups in total. The van der Waals surface area contributed by atoms with Crippen LogP contribution in [0.15, 0.2) is 53.4 Å². The Bertz CT molecular complexity index is 679. The minimum absolute atomic E-state index is 0.0667. The van der Waals surface area contributed by atoms with E-state index in [-0.39, 0.29) is 25.6 Å². The minimum atomic E-state index is -3.66. The fourth-order valence-corrected chi connectivity index (χ4v) is 2.81. The smallest absolute Gasteiger partial charge is 0.238 e. The van der Waals surface area contributed by atoms with E-state index in [9.17, 15) is 8.42 Å². The van der Waals surface area contributed by atoms with Crippen molar-refractivity contribution >= 4 is 35.3 Å². The quantitative estimate of drug-likeness (QED) is 0.818. The van der Waals surface area contributed by atoms with Gasteiger partial charge in [-0.3, -0.25) is 0 Å². The van der Waals surface area contributed by atoms with Crippen LogP contribution < -0.4 is 9.88 Å². The second kappa shape index (κ2) is 5.81. The number of sulfonamides is 1. The standard InChI is InChI=1S/C13H12INO3S/c1-14-10-2-4-11(5-3-10)18-12-6-8-13(9-7-12)19(15,16)17/h2-9H,1H2,(H2,15,16,17). The zero-order valence-electron chi connectivity index (χ0n) is 9.91. The molecule has 6 heteroatoms. The van der Waals surface area contributed by atoms with Gasteiger partial charge in [-0.15, -0.1) is 0 Å². The van der Waals surface area contributed by atoms with Gasteiger partial charge >= 0.3 is 0 Å². The van der Waals surface area contributed by atoms with E-state index in [0.29, 0.717) is 11.5 Å². The number of benzene rings is 2. The molecule has 0 saturated carbocycles. The van der Waals surface area contributed by atoms with Crippen molar-refractivity contribution in [3.8, 4) is 11.5 Å². The van der Waals surface area contributed by atoms with Crippen LogP contribution in [0.4, 0.5) is 0 Å². The Kier molecular flexibility index (Phi) is 4.33. The molecule has 0 aliphatic carbocycles. The van der Waals surface area contributed by atoms with Crippen molar-refractivity contribution in [2.24, 2.45) is 5.14 Å². The molecule has 0 radical (unpaired) electrons. The minimum Gasteiger partial charge on any atom is -0.457 e. The van der Waals surface area contributed by atoms with Crippen molar-refractivity contribution in [3.63, 3.8) is 0 Å². The van der Waals surface area contributed by atoms with Gasteiger partial charge in [0.1, 0.15) is 11.5 Å². The summed E-state index contributed by atoms with van der Waals surface area (Å²) in [6.45, 7) is 0. The number of halogens is 1. The third kappa shape index (κ3) is 3.85. The Morgan fingerprint density at radius 2 is 1.42 bits per heavy atom. The number of rotatable bonds is 4. The third-order valence-electron chi connectivity index (χ3n) is 2.36. The van der Waals surface area contributed by atoms with Gasteiger partial charge in [0, 0.05) is 3.57 Å². The maximum atomic E-state index is 11.1. The number of nitrogens with two attached hydrogens (primary N) is 1. The Morgan fingerprint density at radius 3 is 1.84 bits per heavy atom. The molecule has 0 unspecified atom stereocenters. The Labute approximate surface area is 122 Å². The van der Waals surface area contributed by atoms with Crippen LogP contribution >= 0.6 is 20.7 Å². The lowest BCUT2D eigenvalue weighted by Crippen LogP contribution is -2.11. The fraction of sp³-hybridized carbons (Fsp3) is 0. The topological polar surface area (TPSA) is 69.4 Å². The summed E-state index contributed by atoms with van der Waals surface area (Å²) in [6.07, 6.45) is 0. The molecule has 2 aromatic carbocycles. The summed E-state index contributed by atoms with van der Waals surface area (Å²) in [5, 5.41) is 5.02. The van der Waals surface area contributed by atoms with Gasteiger partial charge in [-0.1, -0.05) is 25.2 Å². The second-order valence-corrected chi connectivity index (χ2v) is 7.28. The highest BCUT2D eigenvalue weighted by Gasteiger charge is 2.07. The lowest BCUT2D eigenvalue weighted by molar-refractivity contribution is 0.482. The third-order valence-corrected chi connectivity index (χ3v) is 4.89. The summed E-state index contributed by atoms with van der Waals surface area (Å²) in [5.41, 5.74) is 0. The van der Waals surface area contributed by atoms with Crippen LogP contribution in [-0.4, -0.2) is 12.9 Å². The lowest BCUT2D eigenvalue weighted by Gasteiger charge is -2.06. The molecular weight excluding hydrogens is 377 g/mol. The predicted molar refractivity (Wildman–Crippen MR) is 84.2 cm³/mol. The first-order chi connectivity index (χ1) is 8.99. The highest BCUT2D eigenvalue weighted by Crippen LogP contribution is 2.23. The van der Waals surface area contributed by atoms with E-state index in [1.165, 1.54) is 15.7 Å². The highest BCUT2D eigenvalue weighted by molar-refractivity contribution is 14.2. The molecule has 0 fully saturated rings. The average molecular weight is 389 g/mol. The molecule has 19 heavy (non-hydrogen) atoms. The summed E-state index contributed by atoms with van der Waals surface area (Å²) in [5.74, 6) is 1.26. The largest absolute Gasteiger partial charge is 0.457 e. The zero-order chi connectivity index (χ0) is 13.9. The number of hydrogen-bond acceptors (Lipinski definition) is 3. The zero-order valence-corrected chi connectivity index (χ0v) is 12.9. The van der Waals surface area contributed by atoms with E-state index in [2.05, 4.69) is 4.51 Å². The van der Waals surface area contributed by atoms with Crippen LogP contribution in [0.3, 0.4) is 0 Å². The van der Waals surface area contributed by atoms with E-state index in [1.54, 1.807) is 12.1 Å². The molecule has 0 aromatic heterocycles. The van der Waals surface area contributed by atoms with E-state index in [4.69, 9.17) is 9.88 Å². The van der Waals surface area contributed by atoms with E-state index in [1.807, 2.05) is 24.3 Å². The van der Waals surface area contributed by atoms with Gasteiger partial charge in [-0.2, -0.15) is 0 Å². The molecule has 0 aliphatic rings. The normalized spacial score (nSPS) is 11.2. The van der Waals surface area contributed by atoms with Gasteiger partial charge in [0.25, 0.3) is 0 Å². The van der Waals surface area contributed by atoms with Crippen LogP contribution in [-0.2, 0) is 10.0 Å². The van der Waals surface area contributed by atoms with Gasteiger partial charge < -0.3 is 4.74 Å². The first-order valence-corrected chi connectivity index (χ1v) is 9.43. The Hall–Kier alpha value is -1.25. The SMILES string of the molecule is C=Ic1ccc(Oc2ccc(S(N)(=O)=O)cc2)cc1. The fourth-order valence-electron chi connectivity index (χ4n) is 1.43. The maximum Gasteiger partial charge on any atom is 0.238 e. The second-order valence-electron chi connectivity index (χ2n) is 3.71. The molecule has 0 aliphatic heterocycles. The van der Waals surface area contributed by atoms with Gasteiger partial charge in [-0.25, -0.2) is 13.6 Å². The summed E-state index contributed by atoms with van der Waals surface area (Å²) in [4.78, 5) is 0.0667. The number of hydrogen-bond donors (Lipinski definition) is 1. The van der Waals surface area contributed by atoms with Crippen LogP contribution in [0.5, 0.6) is 11.5 Å². The number of primary sulfonamides is 1. The Balaban J connectivity index is 2.17. The maximum absolute atomic E-state index is 11.1. The molecule has 4 nitrogen and oxygen atoms in total. The number of ether oxygens (including phenoxy) is 1. The molecule has 0 atom stereocenters. The predicted octanol–water partition coefficient (Wildman–Crippen LogP) is 2.70. The van der Waals surface area contributed by atoms with Crippen molar-refractivity contribution < 1.29 is 13.2 Å². The van der Waals surface area contributed by atoms with Gasteiger partial charge in [-0.05, 0) is 48.5 Å². The summed E-state index contributed by atoms with van der Waals surface area (Å²) >= 11 is -0.168. The molecule has 0 heterocycles. The first kappa shape index (κ1) is 14.2. The molecule has 100 valence electrons. The van der Waals surface area contributed by atoms with Crippen LogP contribution in [0, 0.1) is 3.57 Å². The van der Waals surface area contributed by atoms with Crippen LogP contribution in [0.1, 0.15) is 0 Å². The van der Waals surface area contributed by atoms with E-state index in [0.717, 1.165) is 0 Å². The van der Waals surface area contributed by atoms with Gasteiger partial charge in [0.2, 0.25) is 10.0 Å². The molecule has 0 bridgehead atoms. The van der Waals surface area contributed by atoms with Crippen LogP contribution in [0.2, 0.25) is 0 Å². The van der Waals surface area contributed by atoms with Crippen molar-refractivity contribution in [2.75, 3.05) is 0 Å². The molecule has 2 aromatic rings. The monoisotopic (exact) mass is 389 g/mol. The van der Waals surface area contributed by atoms with Crippen molar-refractivity contribution in [1.29, 1.82) is 0 Å². The average Bonchev–Trinajstić information content (AvgIpc) is 2.39. The summed E-state index contributed by atoms with van der Waals surface area (Å²) in [6, 6.07) is 13.7. The molecule has 0 spiro atoms. The summed E-state index contributed by atoms with van der Waals surface area (Å²) < 4.78 is 33.0. The van der Waals surface area contributed by atoms with Crippen molar-refractivity contribution in [3.05, 3.63) is 52.1 Å². The first-order valence-electron chi connectivity index (χ1n) is 5.28.